The van der Waals surface area contributed by atoms with Crippen molar-refractivity contribution in [1.82, 2.24) is 24.6 Å². The summed E-state index contributed by atoms with van der Waals surface area (Å²) in [5.41, 5.74) is 2.12. The molecule has 0 spiro atoms. The summed E-state index contributed by atoms with van der Waals surface area (Å²) in [7, 11) is 1.82. The van der Waals surface area contributed by atoms with E-state index in [0.717, 1.165) is 18.7 Å². The minimum absolute atomic E-state index is 0.00125. The van der Waals surface area contributed by atoms with Gasteiger partial charge in [0.2, 0.25) is 0 Å². The number of amides is 1. The molecule has 3 rings (SSSR count). The van der Waals surface area contributed by atoms with E-state index in [9.17, 15) is 9.90 Å². The van der Waals surface area contributed by atoms with Crippen LogP contribution < -0.4 is 0 Å². The molecule has 7 heteroatoms. The molecule has 24 heavy (non-hydrogen) atoms. The zero-order chi connectivity index (χ0) is 17.1. The van der Waals surface area contributed by atoms with E-state index in [4.69, 9.17) is 0 Å². The van der Waals surface area contributed by atoms with Crippen molar-refractivity contribution < 1.29 is 9.90 Å². The molecule has 1 aliphatic heterocycles. The molecular formula is C17H23N5O2. The Labute approximate surface area is 141 Å². The van der Waals surface area contributed by atoms with Crippen LogP contribution >= 0.6 is 0 Å². The topological polar surface area (TPSA) is 74.5 Å². The van der Waals surface area contributed by atoms with Gasteiger partial charge in [0.05, 0.1) is 11.7 Å². The smallest absolute Gasteiger partial charge is 0.257 e. The molecule has 0 aliphatic carbocycles. The summed E-state index contributed by atoms with van der Waals surface area (Å²) >= 11 is 0. The van der Waals surface area contributed by atoms with Crippen LogP contribution in [0.15, 0.2) is 30.7 Å². The number of rotatable bonds is 4. The Morgan fingerprint density at radius 2 is 2.08 bits per heavy atom. The summed E-state index contributed by atoms with van der Waals surface area (Å²) in [4.78, 5) is 21.1. The van der Waals surface area contributed by atoms with Gasteiger partial charge in [-0.15, -0.1) is 0 Å². The van der Waals surface area contributed by atoms with Gasteiger partial charge in [-0.25, -0.2) is 0 Å². The van der Waals surface area contributed by atoms with Gasteiger partial charge in [0, 0.05) is 63.9 Å². The molecule has 1 atom stereocenters. The summed E-state index contributed by atoms with van der Waals surface area (Å²) in [5, 5.41) is 13.9. The van der Waals surface area contributed by atoms with Gasteiger partial charge in [-0.3, -0.25) is 19.4 Å². The van der Waals surface area contributed by atoms with Crippen molar-refractivity contribution in [3.05, 3.63) is 36.3 Å². The van der Waals surface area contributed by atoms with Crippen LogP contribution in [0.4, 0.5) is 0 Å². The van der Waals surface area contributed by atoms with Gasteiger partial charge in [-0.2, -0.15) is 5.10 Å². The molecule has 2 aromatic rings. The van der Waals surface area contributed by atoms with Crippen LogP contribution in [-0.4, -0.2) is 74.4 Å². The van der Waals surface area contributed by atoms with Gasteiger partial charge < -0.3 is 10.0 Å². The van der Waals surface area contributed by atoms with E-state index >= 15 is 0 Å². The number of aromatic nitrogens is 3. The molecule has 0 radical (unpaired) electrons. The van der Waals surface area contributed by atoms with Crippen molar-refractivity contribution in [3.63, 3.8) is 0 Å². The molecule has 7 nitrogen and oxygen atoms in total. The number of hydrogen-bond acceptors (Lipinski definition) is 5. The van der Waals surface area contributed by atoms with E-state index in [1.54, 1.807) is 30.2 Å². The van der Waals surface area contributed by atoms with Gasteiger partial charge in [-0.1, -0.05) is 0 Å². The van der Waals surface area contributed by atoms with Crippen LogP contribution in [0.5, 0.6) is 0 Å². The number of piperazine rings is 1. The van der Waals surface area contributed by atoms with Crippen LogP contribution in [0.2, 0.25) is 0 Å². The largest absolute Gasteiger partial charge is 0.392 e. The fraction of sp³-hybridized carbons (Fsp3) is 0.471. The van der Waals surface area contributed by atoms with Crippen molar-refractivity contribution in [1.29, 1.82) is 0 Å². The Morgan fingerprint density at radius 3 is 2.71 bits per heavy atom. The van der Waals surface area contributed by atoms with Gasteiger partial charge in [0.1, 0.15) is 5.69 Å². The van der Waals surface area contributed by atoms with E-state index in [1.165, 1.54) is 0 Å². The maximum absolute atomic E-state index is 12.9. The Balaban J connectivity index is 1.75. The fourth-order valence-electron chi connectivity index (χ4n) is 3.04. The van der Waals surface area contributed by atoms with Gasteiger partial charge in [0.25, 0.3) is 5.91 Å². The number of aliphatic hydroxyl groups excluding tert-OH is 1. The highest BCUT2D eigenvalue weighted by atomic mass is 16.3. The first kappa shape index (κ1) is 16.6. The number of hydrogen-bond donors (Lipinski definition) is 1. The highest BCUT2D eigenvalue weighted by molar-refractivity contribution is 5.99. The highest BCUT2D eigenvalue weighted by Crippen LogP contribution is 2.22. The first-order chi connectivity index (χ1) is 11.5. The van der Waals surface area contributed by atoms with E-state index in [-0.39, 0.29) is 12.0 Å². The van der Waals surface area contributed by atoms with Crippen LogP contribution in [0.3, 0.4) is 0 Å². The van der Waals surface area contributed by atoms with Crippen molar-refractivity contribution in [3.8, 4) is 11.3 Å². The first-order valence-corrected chi connectivity index (χ1v) is 8.18. The van der Waals surface area contributed by atoms with Crippen LogP contribution in [-0.2, 0) is 7.05 Å². The maximum Gasteiger partial charge on any atom is 0.257 e. The number of carbonyl (C=O) groups excluding carboxylic acids is 1. The summed E-state index contributed by atoms with van der Waals surface area (Å²) < 4.78 is 1.67. The molecule has 1 amide bonds. The first-order valence-electron chi connectivity index (χ1n) is 8.18. The lowest BCUT2D eigenvalue weighted by Crippen LogP contribution is -2.50. The molecule has 0 unspecified atom stereocenters. The predicted molar refractivity (Wildman–Crippen MR) is 90.5 cm³/mol. The van der Waals surface area contributed by atoms with Crippen molar-refractivity contribution in [2.75, 3.05) is 32.7 Å². The number of pyridine rings is 1. The van der Waals surface area contributed by atoms with Crippen LogP contribution in [0.25, 0.3) is 11.3 Å². The van der Waals surface area contributed by atoms with E-state index in [0.29, 0.717) is 30.9 Å². The van der Waals surface area contributed by atoms with Crippen LogP contribution in [0, 0.1) is 0 Å². The molecule has 1 fully saturated rings. The van der Waals surface area contributed by atoms with E-state index in [1.807, 2.05) is 24.1 Å². The summed E-state index contributed by atoms with van der Waals surface area (Å²) in [6, 6.07) is 3.75. The predicted octanol–water partition coefficient (Wildman–Crippen LogP) is 0.621. The third-order valence-corrected chi connectivity index (χ3v) is 4.18. The number of aryl methyl sites for hydroxylation is 1. The number of carbonyl (C=O) groups is 1. The minimum atomic E-state index is -0.345. The summed E-state index contributed by atoms with van der Waals surface area (Å²) in [5.74, 6) is -0.00125. The monoisotopic (exact) mass is 329 g/mol. The number of nitrogens with zero attached hydrogens (tertiary/aromatic N) is 5. The molecule has 128 valence electrons. The van der Waals surface area contributed by atoms with Crippen molar-refractivity contribution in [2.45, 2.75) is 13.0 Å². The summed E-state index contributed by atoms with van der Waals surface area (Å²) in [6.07, 6.45) is 4.85. The molecule has 1 N–H and O–H groups in total. The van der Waals surface area contributed by atoms with E-state index < -0.39 is 0 Å². The van der Waals surface area contributed by atoms with Gasteiger partial charge in [-0.05, 0) is 19.1 Å². The molecule has 0 aromatic carbocycles. The molecule has 0 saturated carbocycles. The second-order valence-electron chi connectivity index (χ2n) is 6.25. The SMILES string of the molecule is C[C@H](O)CN1CCN(C(=O)c2cn(C)nc2-c2cccnc2)CC1. The lowest BCUT2D eigenvalue weighted by atomic mass is 10.1. The minimum Gasteiger partial charge on any atom is -0.392 e. The third kappa shape index (κ3) is 3.63. The number of β-amino-alcohol motifs (C(OH)–C–C–N with tert-alkyl or cyclic N) is 1. The molecule has 0 bridgehead atoms. The second-order valence-corrected chi connectivity index (χ2v) is 6.25. The zero-order valence-corrected chi connectivity index (χ0v) is 14.1. The molecule has 3 heterocycles. The normalized spacial score (nSPS) is 17.0. The Hall–Kier alpha value is -2.25. The third-order valence-electron chi connectivity index (χ3n) is 4.18. The Morgan fingerprint density at radius 1 is 1.33 bits per heavy atom. The lowest BCUT2D eigenvalue weighted by molar-refractivity contribution is 0.0554. The molecule has 1 saturated heterocycles. The Bertz CT molecular complexity index is 690. The zero-order valence-electron chi connectivity index (χ0n) is 14.1. The van der Waals surface area contributed by atoms with Crippen molar-refractivity contribution in [2.24, 2.45) is 7.05 Å². The van der Waals surface area contributed by atoms with Gasteiger partial charge in [0.15, 0.2) is 0 Å². The highest BCUT2D eigenvalue weighted by Gasteiger charge is 2.26. The Kier molecular flexibility index (Phi) is 4.92. The van der Waals surface area contributed by atoms with Crippen molar-refractivity contribution >= 4 is 5.91 Å². The maximum atomic E-state index is 12.9. The average Bonchev–Trinajstić information content (AvgIpc) is 2.97. The second kappa shape index (κ2) is 7.11. The fourth-order valence-corrected chi connectivity index (χ4v) is 3.04. The quantitative estimate of drug-likeness (QED) is 0.890. The van der Waals surface area contributed by atoms with Crippen LogP contribution in [0.1, 0.15) is 17.3 Å². The lowest BCUT2D eigenvalue weighted by Gasteiger charge is -2.35. The van der Waals surface area contributed by atoms with E-state index in [2.05, 4.69) is 15.0 Å². The summed E-state index contributed by atoms with van der Waals surface area (Å²) in [6.45, 7) is 5.31. The standard InChI is InChI=1S/C17H23N5O2/c1-13(23)11-21-6-8-22(9-7-21)17(24)15-12-20(2)19-16(15)14-4-3-5-18-10-14/h3-5,10,12-13,23H,6-9,11H2,1-2H3/t13-/m0/s1. The average molecular weight is 329 g/mol. The molecular weight excluding hydrogens is 306 g/mol. The molecule has 1 aliphatic rings. The molecule has 2 aromatic heterocycles. The van der Waals surface area contributed by atoms with Gasteiger partial charge >= 0.3 is 0 Å². The number of aliphatic hydroxyl groups is 1.